The van der Waals surface area contributed by atoms with Crippen LogP contribution in [0.25, 0.3) is 0 Å². The van der Waals surface area contributed by atoms with Gasteiger partial charge in [-0.15, -0.1) is 0 Å². The molecule has 0 fully saturated rings. The van der Waals surface area contributed by atoms with Gasteiger partial charge in [0, 0.05) is 31.9 Å². The van der Waals surface area contributed by atoms with Gasteiger partial charge in [-0.1, -0.05) is 13.8 Å². The summed E-state index contributed by atoms with van der Waals surface area (Å²) in [6, 6.07) is 0.509. The maximum atomic E-state index is 5.70. The predicted molar refractivity (Wildman–Crippen MR) is 63.4 cm³/mol. The molecule has 0 aliphatic rings. The van der Waals surface area contributed by atoms with E-state index in [1.807, 2.05) is 13.1 Å². The van der Waals surface area contributed by atoms with Crippen LogP contribution in [0.1, 0.15) is 27.7 Å². The summed E-state index contributed by atoms with van der Waals surface area (Å²) < 4.78 is 0. The van der Waals surface area contributed by atoms with Gasteiger partial charge < -0.3 is 10.6 Å². The van der Waals surface area contributed by atoms with E-state index in [9.17, 15) is 0 Å². The van der Waals surface area contributed by atoms with Gasteiger partial charge in [0.2, 0.25) is 0 Å². The summed E-state index contributed by atoms with van der Waals surface area (Å²) in [5, 5.41) is 0. The fourth-order valence-electron chi connectivity index (χ4n) is 1.14. The molecule has 14 heavy (non-hydrogen) atoms. The first-order valence-electron chi connectivity index (χ1n) is 5.03. The zero-order chi connectivity index (χ0) is 11.3. The average Bonchev–Trinajstić information content (AvgIpc) is 2.14. The van der Waals surface area contributed by atoms with Crippen molar-refractivity contribution >= 4 is 5.84 Å². The van der Waals surface area contributed by atoms with Gasteiger partial charge in [-0.2, -0.15) is 0 Å². The van der Waals surface area contributed by atoms with Crippen molar-refractivity contribution in [3.63, 3.8) is 0 Å². The highest BCUT2D eigenvalue weighted by molar-refractivity contribution is 5.96. The third-order valence-electron chi connectivity index (χ3n) is 2.65. The van der Waals surface area contributed by atoms with Crippen molar-refractivity contribution in [3.05, 3.63) is 11.8 Å². The lowest BCUT2D eigenvalue weighted by Crippen LogP contribution is -2.30. The molecule has 3 nitrogen and oxygen atoms in total. The molecule has 0 unspecified atom stereocenters. The van der Waals surface area contributed by atoms with Gasteiger partial charge in [0.05, 0.1) is 0 Å². The number of hydrogen-bond donors (Lipinski definition) is 1. The van der Waals surface area contributed by atoms with Gasteiger partial charge in [-0.05, 0) is 19.8 Å². The molecule has 0 amide bonds. The summed E-state index contributed by atoms with van der Waals surface area (Å²) in [4.78, 5) is 6.12. The molecule has 0 saturated heterocycles. The van der Waals surface area contributed by atoms with E-state index in [4.69, 9.17) is 5.73 Å². The lowest BCUT2D eigenvalue weighted by Gasteiger charge is -2.27. The summed E-state index contributed by atoms with van der Waals surface area (Å²) in [6.45, 7) is 8.60. The van der Waals surface area contributed by atoms with Crippen molar-refractivity contribution in [2.24, 2.45) is 16.6 Å². The van der Waals surface area contributed by atoms with Gasteiger partial charge >= 0.3 is 0 Å². The van der Waals surface area contributed by atoms with Crippen LogP contribution in [0.3, 0.4) is 0 Å². The number of nitrogens with two attached hydrogens (primary N) is 1. The van der Waals surface area contributed by atoms with Crippen LogP contribution in [0.4, 0.5) is 0 Å². The van der Waals surface area contributed by atoms with Crippen molar-refractivity contribution in [1.82, 2.24) is 4.90 Å². The largest absolute Gasteiger partial charge is 0.384 e. The first-order valence-corrected chi connectivity index (χ1v) is 5.03. The van der Waals surface area contributed by atoms with E-state index in [1.54, 1.807) is 7.05 Å². The smallest absolute Gasteiger partial charge is 0.122 e. The fraction of sp³-hybridized carbons (Fsp3) is 0.727. The minimum atomic E-state index is 0.509. The predicted octanol–water partition coefficient (Wildman–Crippen LogP) is 1.85. The molecule has 1 atom stereocenters. The van der Waals surface area contributed by atoms with E-state index >= 15 is 0 Å². The number of hydrogen-bond acceptors (Lipinski definition) is 2. The van der Waals surface area contributed by atoms with Gasteiger partial charge in [0.25, 0.3) is 0 Å². The minimum Gasteiger partial charge on any atom is -0.384 e. The van der Waals surface area contributed by atoms with Crippen LogP contribution in [0, 0.1) is 5.92 Å². The van der Waals surface area contributed by atoms with Crippen LogP contribution < -0.4 is 5.73 Å². The van der Waals surface area contributed by atoms with Crippen LogP contribution in [0.2, 0.25) is 0 Å². The normalized spacial score (nSPS) is 15.9. The number of rotatable bonds is 4. The highest BCUT2D eigenvalue weighted by Crippen LogP contribution is 2.09. The van der Waals surface area contributed by atoms with E-state index in [-0.39, 0.29) is 0 Å². The molecule has 0 saturated carbocycles. The Labute approximate surface area is 87.7 Å². The highest BCUT2D eigenvalue weighted by atomic mass is 15.1. The SMILES string of the molecule is CN=C(N)/C(C)=C/N(C)[C@H](C)C(C)C. The van der Waals surface area contributed by atoms with Crippen LogP contribution in [-0.2, 0) is 0 Å². The van der Waals surface area contributed by atoms with Crippen molar-refractivity contribution in [1.29, 1.82) is 0 Å². The second-order valence-electron chi connectivity index (χ2n) is 4.07. The quantitative estimate of drug-likeness (QED) is 0.552. The second kappa shape index (κ2) is 5.68. The van der Waals surface area contributed by atoms with E-state index in [0.29, 0.717) is 17.8 Å². The number of aliphatic imine (C=N–C) groups is 1. The molecule has 0 rings (SSSR count). The molecular weight excluding hydrogens is 174 g/mol. The lowest BCUT2D eigenvalue weighted by atomic mass is 10.1. The standard InChI is InChI=1S/C11H23N3/c1-8(2)10(4)14(6)7-9(3)11(12)13-5/h7-8,10H,1-6H3,(H2,12,13)/b9-7+/t10-/m1/s1. The van der Waals surface area contributed by atoms with Gasteiger partial charge in [-0.25, -0.2) is 0 Å². The molecule has 0 aliphatic carbocycles. The Balaban J connectivity index is 4.50. The number of amidine groups is 1. The molecule has 0 radical (unpaired) electrons. The maximum Gasteiger partial charge on any atom is 0.122 e. The Hall–Kier alpha value is -0.990. The average molecular weight is 197 g/mol. The Morgan fingerprint density at radius 1 is 1.36 bits per heavy atom. The minimum absolute atomic E-state index is 0.509. The highest BCUT2D eigenvalue weighted by Gasteiger charge is 2.10. The van der Waals surface area contributed by atoms with E-state index < -0.39 is 0 Å². The Morgan fingerprint density at radius 2 is 1.86 bits per heavy atom. The maximum absolute atomic E-state index is 5.70. The third kappa shape index (κ3) is 3.81. The van der Waals surface area contributed by atoms with Crippen molar-refractivity contribution in [3.8, 4) is 0 Å². The van der Waals surface area contributed by atoms with E-state index in [0.717, 1.165) is 5.57 Å². The molecule has 0 aromatic rings. The molecular formula is C11H23N3. The summed E-state index contributed by atoms with van der Waals surface area (Å²) in [5.41, 5.74) is 6.71. The monoisotopic (exact) mass is 197 g/mol. The molecule has 2 N–H and O–H groups in total. The molecule has 3 heteroatoms. The molecule has 0 bridgehead atoms. The van der Waals surface area contributed by atoms with Gasteiger partial charge in [0.1, 0.15) is 5.84 Å². The Kier molecular flexibility index (Phi) is 5.28. The van der Waals surface area contributed by atoms with E-state index in [2.05, 4.69) is 37.7 Å². The molecule has 82 valence electrons. The Bertz CT molecular complexity index is 229. The third-order valence-corrected chi connectivity index (χ3v) is 2.65. The first-order chi connectivity index (χ1) is 6.40. The van der Waals surface area contributed by atoms with Gasteiger partial charge in [-0.3, -0.25) is 4.99 Å². The van der Waals surface area contributed by atoms with Crippen LogP contribution in [-0.4, -0.2) is 30.9 Å². The van der Waals surface area contributed by atoms with Gasteiger partial charge in [0.15, 0.2) is 0 Å². The molecule has 0 aromatic carbocycles. The molecule has 0 aliphatic heterocycles. The zero-order valence-electron chi connectivity index (χ0n) is 10.2. The lowest BCUT2D eigenvalue weighted by molar-refractivity contribution is 0.279. The Morgan fingerprint density at radius 3 is 2.21 bits per heavy atom. The molecule has 0 aromatic heterocycles. The molecule has 0 spiro atoms. The van der Waals surface area contributed by atoms with Crippen molar-refractivity contribution in [2.75, 3.05) is 14.1 Å². The van der Waals surface area contributed by atoms with Crippen LogP contribution in [0.15, 0.2) is 16.8 Å². The van der Waals surface area contributed by atoms with Crippen LogP contribution >= 0.6 is 0 Å². The summed E-state index contributed by atoms with van der Waals surface area (Å²) >= 11 is 0. The second-order valence-corrected chi connectivity index (χ2v) is 4.07. The van der Waals surface area contributed by atoms with Crippen LogP contribution in [0.5, 0.6) is 0 Å². The molecule has 0 heterocycles. The zero-order valence-corrected chi connectivity index (χ0v) is 10.2. The summed E-state index contributed by atoms with van der Waals surface area (Å²) in [6.07, 6.45) is 2.05. The fourth-order valence-corrected chi connectivity index (χ4v) is 1.14. The first kappa shape index (κ1) is 13.0. The van der Waals surface area contributed by atoms with E-state index in [1.165, 1.54) is 0 Å². The van der Waals surface area contributed by atoms with Crippen molar-refractivity contribution in [2.45, 2.75) is 33.7 Å². The summed E-state index contributed by atoms with van der Waals surface area (Å²) in [5.74, 6) is 1.23. The topological polar surface area (TPSA) is 41.6 Å². The summed E-state index contributed by atoms with van der Waals surface area (Å²) in [7, 11) is 3.77. The van der Waals surface area contributed by atoms with Crippen molar-refractivity contribution < 1.29 is 0 Å². The number of nitrogens with zero attached hydrogens (tertiary/aromatic N) is 2.